The van der Waals surface area contributed by atoms with Gasteiger partial charge in [0.2, 0.25) is 10.0 Å². The fourth-order valence-corrected chi connectivity index (χ4v) is 2.98. The molecule has 8 heteroatoms. The third-order valence-corrected chi connectivity index (χ3v) is 4.72. The van der Waals surface area contributed by atoms with E-state index in [0.717, 1.165) is 5.56 Å². The number of rotatable bonds is 6. The number of nitrogens with zero attached hydrogens (tertiary/aromatic N) is 2. The summed E-state index contributed by atoms with van der Waals surface area (Å²) in [6, 6.07) is 12.2. The third kappa shape index (κ3) is 4.76. The van der Waals surface area contributed by atoms with E-state index in [-0.39, 0.29) is 22.3 Å². The van der Waals surface area contributed by atoms with E-state index in [9.17, 15) is 18.1 Å². The lowest BCUT2D eigenvalue weighted by atomic mass is 10.1. The van der Waals surface area contributed by atoms with Crippen molar-refractivity contribution in [1.29, 1.82) is 5.26 Å². The van der Waals surface area contributed by atoms with Gasteiger partial charge in [-0.15, -0.1) is 0 Å². The van der Waals surface area contributed by atoms with Gasteiger partial charge in [-0.05, 0) is 50.0 Å². The fourth-order valence-electron chi connectivity index (χ4n) is 2.44. The van der Waals surface area contributed by atoms with Crippen molar-refractivity contribution < 1.29 is 12.8 Å². The molecule has 0 saturated heterocycles. The second-order valence-electron chi connectivity index (χ2n) is 5.78. The number of nitrogens with one attached hydrogen (secondary N) is 1. The molecule has 2 aromatic carbocycles. The highest BCUT2D eigenvalue weighted by Crippen LogP contribution is 2.23. The average Bonchev–Trinajstić information content (AvgIpc) is 2.55. The Balaban J connectivity index is 2.23. The molecule has 6 nitrogen and oxygen atoms in total. The Bertz CT molecular complexity index is 890. The van der Waals surface area contributed by atoms with Crippen molar-refractivity contribution in [2.75, 3.05) is 26.0 Å². The molecular weight excluding hydrogens is 343 g/mol. The minimum absolute atomic E-state index is 0.0648. The average molecular weight is 362 g/mol. The Morgan fingerprint density at radius 1 is 1.24 bits per heavy atom. The maximum absolute atomic E-state index is 13.1. The van der Waals surface area contributed by atoms with Crippen molar-refractivity contribution in [3.05, 3.63) is 59.4 Å². The van der Waals surface area contributed by atoms with E-state index in [1.54, 1.807) is 12.1 Å². The summed E-state index contributed by atoms with van der Waals surface area (Å²) in [6.45, 7) is 0.446. The number of anilines is 1. The molecule has 0 fully saturated rings. The number of nitrogens with two attached hydrogens (primary N) is 1. The predicted molar refractivity (Wildman–Crippen MR) is 93.8 cm³/mol. The number of nitriles is 1. The molecule has 0 saturated carbocycles. The van der Waals surface area contributed by atoms with Gasteiger partial charge in [0, 0.05) is 6.54 Å². The van der Waals surface area contributed by atoms with Crippen LogP contribution in [-0.2, 0) is 10.0 Å². The topological polar surface area (TPSA) is 99.2 Å². The van der Waals surface area contributed by atoms with Crippen LogP contribution in [0.4, 0.5) is 10.1 Å². The van der Waals surface area contributed by atoms with Gasteiger partial charge in [-0.2, -0.15) is 5.26 Å². The molecular formula is C17H19FN4O2S. The highest BCUT2D eigenvalue weighted by Gasteiger charge is 2.16. The molecule has 0 aliphatic heterocycles. The first kappa shape index (κ1) is 18.9. The van der Waals surface area contributed by atoms with Crippen LogP contribution in [-0.4, -0.2) is 34.0 Å². The molecule has 0 spiro atoms. The molecule has 0 aromatic heterocycles. The van der Waals surface area contributed by atoms with Gasteiger partial charge in [0.1, 0.15) is 11.9 Å². The van der Waals surface area contributed by atoms with E-state index in [1.165, 1.54) is 30.3 Å². The predicted octanol–water partition coefficient (Wildman–Crippen LogP) is 2.06. The molecule has 0 amide bonds. The Kier molecular flexibility index (Phi) is 5.74. The summed E-state index contributed by atoms with van der Waals surface area (Å²) in [7, 11) is -0.0789. The zero-order valence-electron chi connectivity index (χ0n) is 13.9. The molecule has 0 bridgehead atoms. The molecule has 3 N–H and O–H groups in total. The number of benzene rings is 2. The van der Waals surface area contributed by atoms with Gasteiger partial charge in [0.05, 0.1) is 22.2 Å². The number of primary sulfonamides is 1. The second-order valence-corrected chi connectivity index (χ2v) is 7.34. The number of hydrogen-bond acceptors (Lipinski definition) is 5. The van der Waals surface area contributed by atoms with Gasteiger partial charge >= 0.3 is 0 Å². The van der Waals surface area contributed by atoms with E-state index in [4.69, 9.17) is 5.14 Å². The lowest BCUT2D eigenvalue weighted by Crippen LogP contribution is -2.27. The summed E-state index contributed by atoms with van der Waals surface area (Å²) in [5, 5.41) is 17.5. The SMILES string of the molecule is CN(C)C(CNc1ccc(S(N)(=O)=O)cc1C#N)c1ccc(F)cc1. The maximum atomic E-state index is 13.1. The zero-order chi connectivity index (χ0) is 18.6. The number of likely N-dealkylation sites (N-methyl/N-ethyl adjacent to an activating group) is 1. The Hall–Kier alpha value is -2.47. The van der Waals surface area contributed by atoms with Crippen LogP contribution < -0.4 is 10.5 Å². The molecule has 132 valence electrons. The molecule has 2 rings (SSSR count). The monoisotopic (exact) mass is 362 g/mol. The zero-order valence-corrected chi connectivity index (χ0v) is 14.7. The first-order valence-electron chi connectivity index (χ1n) is 7.45. The molecule has 0 radical (unpaired) electrons. The normalized spacial score (nSPS) is 12.6. The fraction of sp³-hybridized carbons (Fsp3) is 0.235. The van der Waals surface area contributed by atoms with Crippen LogP contribution in [0.3, 0.4) is 0 Å². The molecule has 2 aromatic rings. The van der Waals surface area contributed by atoms with E-state index < -0.39 is 10.0 Å². The van der Waals surface area contributed by atoms with Crippen LogP contribution in [0.2, 0.25) is 0 Å². The van der Waals surface area contributed by atoms with Crippen LogP contribution in [0.25, 0.3) is 0 Å². The molecule has 0 aliphatic rings. The standard InChI is InChI=1S/C17H19FN4O2S/c1-22(2)17(12-3-5-14(18)6-4-12)11-21-16-8-7-15(25(20,23)24)9-13(16)10-19/h3-9,17,21H,11H2,1-2H3,(H2,20,23,24). The van der Waals surface area contributed by atoms with Gasteiger partial charge in [-0.3, -0.25) is 0 Å². The summed E-state index contributed by atoms with van der Waals surface area (Å²) in [5.74, 6) is -0.306. The quantitative estimate of drug-likeness (QED) is 0.819. The molecule has 25 heavy (non-hydrogen) atoms. The van der Waals surface area contributed by atoms with E-state index in [0.29, 0.717) is 12.2 Å². The van der Waals surface area contributed by atoms with Gasteiger partial charge < -0.3 is 10.2 Å². The lowest BCUT2D eigenvalue weighted by Gasteiger charge is -2.26. The minimum Gasteiger partial charge on any atom is -0.382 e. The van der Waals surface area contributed by atoms with Crippen molar-refractivity contribution in [2.24, 2.45) is 5.14 Å². The Labute approximate surface area is 146 Å². The first-order chi connectivity index (χ1) is 11.7. The van der Waals surface area contributed by atoms with Crippen LogP contribution in [0.5, 0.6) is 0 Å². The van der Waals surface area contributed by atoms with Crippen LogP contribution >= 0.6 is 0 Å². The molecule has 1 atom stereocenters. The van der Waals surface area contributed by atoms with Gasteiger partial charge in [0.15, 0.2) is 0 Å². The van der Waals surface area contributed by atoms with E-state index >= 15 is 0 Å². The Morgan fingerprint density at radius 3 is 2.40 bits per heavy atom. The van der Waals surface area contributed by atoms with Gasteiger partial charge in [0.25, 0.3) is 0 Å². The summed E-state index contributed by atoms with van der Waals surface area (Å²) in [4.78, 5) is 1.85. The molecule has 0 heterocycles. The van der Waals surface area contributed by atoms with Crippen LogP contribution in [0.1, 0.15) is 17.2 Å². The van der Waals surface area contributed by atoms with Crippen molar-refractivity contribution in [1.82, 2.24) is 4.90 Å². The maximum Gasteiger partial charge on any atom is 0.238 e. The smallest absolute Gasteiger partial charge is 0.238 e. The molecule has 0 aliphatic carbocycles. The summed E-state index contributed by atoms with van der Waals surface area (Å²) in [5.41, 5.74) is 1.60. The number of halogens is 1. The highest BCUT2D eigenvalue weighted by molar-refractivity contribution is 7.89. The first-order valence-corrected chi connectivity index (χ1v) is 8.99. The highest BCUT2D eigenvalue weighted by atomic mass is 32.2. The summed E-state index contributed by atoms with van der Waals surface area (Å²) < 4.78 is 35.9. The largest absolute Gasteiger partial charge is 0.382 e. The van der Waals surface area contributed by atoms with Crippen LogP contribution in [0.15, 0.2) is 47.4 Å². The van der Waals surface area contributed by atoms with E-state index in [2.05, 4.69) is 5.32 Å². The summed E-state index contributed by atoms with van der Waals surface area (Å²) in [6.07, 6.45) is 0. The van der Waals surface area contributed by atoms with Crippen molar-refractivity contribution in [2.45, 2.75) is 10.9 Å². The van der Waals surface area contributed by atoms with Crippen LogP contribution in [0, 0.1) is 17.1 Å². The van der Waals surface area contributed by atoms with Gasteiger partial charge in [-0.1, -0.05) is 12.1 Å². The van der Waals surface area contributed by atoms with Crippen molar-refractivity contribution in [3.8, 4) is 6.07 Å². The third-order valence-electron chi connectivity index (χ3n) is 3.80. The van der Waals surface area contributed by atoms with Crippen molar-refractivity contribution >= 4 is 15.7 Å². The molecule has 1 unspecified atom stereocenters. The Morgan fingerprint density at radius 2 is 1.88 bits per heavy atom. The van der Waals surface area contributed by atoms with E-state index in [1.807, 2.05) is 25.1 Å². The number of sulfonamides is 1. The lowest BCUT2D eigenvalue weighted by molar-refractivity contribution is 0.311. The van der Waals surface area contributed by atoms with Gasteiger partial charge in [-0.25, -0.2) is 17.9 Å². The van der Waals surface area contributed by atoms with Crippen molar-refractivity contribution in [3.63, 3.8) is 0 Å². The minimum atomic E-state index is -3.87. The second kappa shape index (κ2) is 7.61. The summed E-state index contributed by atoms with van der Waals surface area (Å²) >= 11 is 0. The number of hydrogen-bond donors (Lipinski definition) is 2.